The number of carbonyl (C=O) groups excluding carboxylic acids is 2. The van der Waals surface area contributed by atoms with Crippen molar-refractivity contribution in [3.05, 3.63) is 34.8 Å². The lowest BCUT2D eigenvalue weighted by Crippen LogP contribution is -2.52. The van der Waals surface area contributed by atoms with E-state index in [9.17, 15) is 9.59 Å². The van der Waals surface area contributed by atoms with Gasteiger partial charge in [-0.3, -0.25) is 14.5 Å². The van der Waals surface area contributed by atoms with Crippen molar-refractivity contribution in [2.24, 2.45) is 28.6 Å². The maximum absolute atomic E-state index is 12.8. The summed E-state index contributed by atoms with van der Waals surface area (Å²) in [5, 5.41) is 0.789. The van der Waals surface area contributed by atoms with Gasteiger partial charge in [0.15, 0.2) is 5.13 Å². The molecule has 6 atom stereocenters. The third kappa shape index (κ3) is 3.35. The summed E-state index contributed by atoms with van der Waals surface area (Å²) in [6.07, 6.45) is 8.68. The molecule has 0 spiro atoms. The number of hydrogen-bond donors (Lipinski definition) is 0. The molecule has 1 aromatic heterocycles. The lowest BCUT2D eigenvalue weighted by molar-refractivity contribution is -0.134. The highest BCUT2D eigenvalue weighted by Crippen LogP contribution is 2.67. The number of benzene rings is 1. The average Bonchev–Trinajstić information content (AvgIpc) is 3.39. The molecule has 2 aromatic rings. The monoisotopic (exact) mass is 492 g/mol. The van der Waals surface area contributed by atoms with Crippen molar-refractivity contribution >= 4 is 33.8 Å². The Bertz CT molecular complexity index is 1170. The Morgan fingerprint density at radius 3 is 2.54 bits per heavy atom. The third-order valence-corrected chi connectivity index (χ3v) is 11.5. The zero-order valence-corrected chi connectivity index (χ0v) is 22.1. The highest BCUT2D eigenvalue weighted by atomic mass is 32.1. The van der Waals surface area contributed by atoms with Crippen molar-refractivity contribution in [2.75, 3.05) is 12.0 Å². The number of anilines is 2. The first-order chi connectivity index (χ1) is 16.8. The van der Waals surface area contributed by atoms with Crippen LogP contribution in [0.2, 0.25) is 0 Å². The second kappa shape index (κ2) is 8.16. The minimum Gasteiger partial charge on any atom is -0.497 e. The van der Waals surface area contributed by atoms with E-state index in [-0.39, 0.29) is 16.7 Å². The minimum absolute atomic E-state index is 0.0230. The molecule has 1 aromatic carbocycles. The van der Waals surface area contributed by atoms with Gasteiger partial charge < -0.3 is 4.74 Å². The van der Waals surface area contributed by atoms with Crippen molar-refractivity contribution in [1.82, 2.24) is 4.98 Å². The van der Waals surface area contributed by atoms with Crippen LogP contribution in [0.25, 0.3) is 0 Å². The molecule has 6 heteroatoms. The molecule has 5 nitrogen and oxygen atoms in total. The van der Waals surface area contributed by atoms with Gasteiger partial charge in [-0.25, -0.2) is 4.98 Å². The number of aryl methyl sites for hydroxylation is 1. The van der Waals surface area contributed by atoms with Gasteiger partial charge in [0.05, 0.1) is 18.5 Å². The predicted octanol–water partition coefficient (Wildman–Crippen LogP) is 6.68. The molecular formula is C29H36N2O3S. The summed E-state index contributed by atoms with van der Waals surface area (Å²) in [5.41, 5.74) is 2.21. The molecular weight excluding hydrogens is 456 g/mol. The van der Waals surface area contributed by atoms with Crippen LogP contribution < -0.4 is 9.64 Å². The van der Waals surface area contributed by atoms with Crippen LogP contribution in [0.1, 0.15) is 82.2 Å². The molecule has 1 heterocycles. The van der Waals surface area contributed by atoms with E-state index >= 15 is 0 Å². The van der Waals surface area contributed by atoms with Crippen molar-refractivity contribution in [2.45, 2.75) is 78.1 Å². The summed E-state index contributed by atoms with van der Waals surface area (Å²) < 4.78 is 5.30. The molecule has 6 rings (SSSR count). The molecule has 35 heavy (non-hydrogen) atoms. The first-order valence-electron chi connectivity index (χ1n) is 13.2. The van der Waals surface area contributed by atoms with E-state index in [0.29, 0.717) is 29.5 Å². The molecule has 0 N–H and O–H groups in total. The van der Waals surface area contributed by atoms with Gasteiger partial charge in [0.2, 0.25) is 5.91 Å². The van der Waals surface area contributed by atoms with Gasteiger partial charge in [-0.05, 0) is 92.4 Å². The first-order valence-corrected chi connectivity index (χ1v) is 14.1. The zero-order chi connectivity index (χ0) is 24.5. The highest BCUT2D eigenvalue weighted by Gasteiger charge is 2.60. The normalized spacial score (nSPS) is 35.5. The van der Waals surface area contributed by atoms with E-state index in [1.54, 1.807) is 30.3 Å². The minimum atomic E-state index is -0.0673. The molecule has 3 fully saturated rings. The van der Waals surface area contributed by atoms with Crippen LogP contribution in [0.3, 0.4) is 0 Å². The molecule has 0 radical (unpaired) electrons. The molecule has 4 aliphatic carbocycles. The Hall–Kier alpha value is -2.21. The Balaban J connectivity index is 1.32. The SMILES string of the molecule is COc1ccc(N(C(C)=O)c2nc3c(s2)C2CC[C@@H]4[C@H](CC[C@]5(C)C(=O)CC[C@@H]45)[C@@]2(C)CC3)cc1. The fraction of sp³-hybridized carbons (Fsp3) is 0.621. The molecule has 0 saturated heterocycles. The second-order valence-corrected chi connectivity index (χ2v) is 12.8. The Morgan fingerprint density at radius 2 is 1.83 bits per heavy atom. The number of thiazole rings is 1. The summed E-state index contributed by atoms with van der Waals surface area (Å²) in [6, 6.07) is 7.64. The van der Waals surface area contributed by atoms with E-state index in [2.05, 4.69) is 13.8 Å². The number of aromatic nitrogens is 1. The number of ketones is 1. The molecule has 4 aliphatic rings. The summed E-state index contributed by atoms with van der Waals surface area (Å²) in [7, 11) is 1.65. The standard InChI is InChI=1S/C29H36N2O3S/c1-17(32)31(18-5-7-19(34-4)8-6-18)27-30-24-14-16-28(2)22-13-15-29(3)21(11-12-25(29)33)20(22)9-10-23(28)26(24)35-27/h5-8,20-23H,9-16H2,1-4H3/t20-,21-,22-,23?,28+,29-/m0/s1. The van der Waals surface area contributed by atoms with Crippen LogP contribution in [0, 0.1) is 28.6 Å². The van der Waals surface area contributed by atoms with E-state index in [1.807, 2.05) is 24.3 Å². The zero-order valence-electron chi connectivity index (χ0n) is 21.3. The molecule has 1 unspecified atom stereocenters. The van der Waals surface area contributed by atoms with Gasteiger partial charge in [0.1, 0.15) is 11.5 Å². The number of rotatable bonds is 3. The van der Waals surface area contributed by atoms with Crippen LogP contribution in [-0.2, 0) is 16.0 Å². The second-order valence-electron chi connectivity index (χ2n) is 11.8. The van der Waals surface area contributed by atoms with Crippen LogP contribution in [-0.4, -0.2) is 23.8 Å². The summed E-state index contributed by atoms with van der Waals surface area (Å²) >= 11 is 1.73. The van der Waals surface area contributed by atoms with Gasteiger partial charge in [-0.2, -0.15) is 0 Å². The molecule has 1 amide bonds. The topological polar surface area (TPSA) is 59.5 Å². The highest BCUT2D eigenvalue weighted by molar-refractivity contribution is 7.16. The quantitative estimate of drug-likeness (QED) is 0.480. The Morgan fingerprint density at radius 1 is 1.06 bits per heavy atom. The van der Waals surface area contributed by atoms with Gasteiger partial charge in [-0.15, -0.1) is 11.3 Å². The van der Waals surface area contributed by atoms with Crippen LogP contribution in [0.4, 0.5) is 10.8 Å². The van der Waals surface area contributed by atoms with Crippen LogP contribution >= 0.6 is 11.3 Å². The number of ether oxygens (including phenoxy) is 1. The van der Waals surface area contributed by atoms with Crippen molar-refractivity contribution in [3.8, 4) is 5.75 Å². The van der Waals surface area contributed by atoms with Gasteiger partial charge in [0.25, 0.3) is 0 Å². The van der Waals surface area contributed by atoms with E-state index in [1.165, 1.54) is 29.8 Å². The Kier molecular flexibility index (Phi) is 5.41. The van der Waals surface area contributed by atoms with Gasteiger partial charge in [-0.1, -0.05) is 13.8 Å². The third-order valence-electron chi connectivity index (χ3n) is 10.3. The fourth-order valence-electron chi connectivity index (χ4n) is 8.46. The number of carbonyl (C=O) groups is 2. The fourth-order valence-corrected chi connectivity index (χ4v) is 9.93. The number of fused-ring (bicyclic) bond motifs is 7. The van der Waals surface area contributed by atoms with E-state index < -0.39 is 0 Å². The molecule has 3 saturated carbocycles. The number of Topliss-reactive ketones (excluding diaryl/α,β-unsaturated/α-hetero) is 1. The number of methoxy groups -OCH3 is 1. The molecule has 0 aliphatic heterocycles. The lowest BCUT2D eigenvalue weighted by atomic mass is 9.46. The smallest absolute Gasteiger partial charge is 0.230 e. The molecule has 0 bridgehead atoms. The van der Waals surface area contributed by atoms with Gasteiger partial charge in [0, 0.05) is 29.6 Å². The molecule has 186 valence electrons. The predicted molar refractivity (Wildman–Crippen MR) is 138 cm³/mol. The average molecular weight is 493 g/mol. The lowest BCUT2D eigenvalue weighted by Gasteiger charge is -2.59. The number of nitrogens with zero attached hydrogens (tertiary/aromatic N) is 2. The summed E-state index contributed by atoms with van der Waals surface area (Å²) in [6.45, 7) is 6.41. The van der Waals surface area contributed by atoms with Gasteiger partial charge >= 0.3 is 0 Å². The van der Waals surface area contributed by atoms with Crippen molar-refractivity contribution in [3.63, 3.8) is 0 Å². The number of hydrogen-bond acceptors (Lipinski definition) is 5. The Labute approximate surface area is 212 Å². The maximum Gasteiger partial charge on any atom is 0.230 e. The van der Waals surface area contributed by atoms with Crippen molar-refractivity contribution in [1.29, 1.82) is 0 Å². The summed E-state index contributed by atoms with van der Waals surface area (Å²) in [4.78, 5) is 33.7. The van der Waals surface area contributed by atoms with E-state index in [4.69, 9.17) is 9.72 Å². The maximum atomic E-state index is 12.8. The van der Waals surface area contributed by atoms with E-state index in [0.717, 1.165) is 48.7 Å². The largest absolute Gasteiger partial charge is 0.497 e. The first kappa shape index (κ1) is 23.2. The summed E-state index contributed by atoms with van der Waals surface area (Å²) in [5.74, 6) is 3.73. The number of amides is 1. The van der Waals surface area contributed by atoms with Crippen LogP contribution in [0.5, 0.6) is 5.75 Å². The van der Waals surface area contributed by atoms with Crippen LogP contribution in [0.15, 0.2) is 24.3 Å². The van der Waals surface area contributed by atoms with Crippen molar-refractivity contribution < 1.29 is 14.3 Å².